The molecule has 1 aromatic carbocycles. The van der Waals surface area contributed by atoms with Gasteiger partial charge in [-0.25, -0.2) is 4.39 Å². The van der Waals surface area contributed by atoms with Gasteiger partial charge in [-0.1, -0.05) is 0 Å². The molecule has 1 N–H and O–H groups in total. The standard InChI is InChI=1S/C11H11BrFNO2/c12-10-2-1-7(13)5-9(10)11(16)14-4-3-8(15)6-14/h1-2,5,8,15H,3-4,6H2/t8-/m1/s1. The average molecular weight is 288 g/mol. The fourth-order valence-corrected chi connectivity index (χ4v) is 2.17. The molecule has 1 aliphatic rings. The minimum Gasteiger partial charge on any atom is -0.391 e. The predicted octanol–water partition coefficient (Wildman–Crippen LogP) is 1.79. The molecule has 1 amide bonds. The van der Waals surface area contributed by atoms with Crippen LogP contribution in [0.4, 0.5) is 4.39 Å². The van der Waals surface area contributed by atoms with Crippen molar-refractivity contribution in [3.8, 4) is 0 Å². The number of amides is 1. The van der Waals surface area contributed by atoms with Crippen LogP contribution in [0.3, 0.4) is 0 Å². The van der Waals surface area contributed by atoms with Crippen LogP contribution in [0, 0.1) is 5.82 Å². The zero-order valence-electron chi connectivity index (χ0n) is 8.49. The number of likely N-dealkylation sites (tertiary alicyclic amines) is 1. The van der Waals surface area contributed by atoms with Gasteiger partial charge in [0.1, 0.15) is 5.82 Å². The third-order valence-corrected chi connectivity index (χ3v) is 3.30. The predicted molar refractivity (Wildman–Crippen MR) is 60.6 cm³/mol. The second kappa shape index (κ2) is 4.51. The summed E-state index contributed by atoms with van der Waals surface area (Å²) in [6.45, 7) is 0.838. The summed E-state index contributed by atoms with van der Waals surface area (Å²) in [5.41, 5.74) is 0.300. The number of hydrogen-bond donors (Lipinski definition) is 1. The molecule has 16 heavy (non-hydrogen) atoms. The van der Waals surface area contributed by atoms with E-state index >= 15 is 0 Å². The molecule has 0 spiro atoms. The van der Waals surface area contributed by atoms with E-state index in [1.165, 1.54) is 23.1 Å². The van der Waals surface area contributed by atoms with Crippen molar-refractivity contribution in [3.63, 3.8) is 0 Å². The second-order valence-electron chi connectivity index (χ2n) is 3.82. The SMILES string of the molecule is O=C(c1cc(F)ccc1Br)N1CC[C@@H](O)C1. The molecule has 1 aromatic rings. The highest BCUT2D eigenvalue weighted by Crippen LogP contribution is 2.21. The lowest BCUT2D eigenvalue weighted by Crippen LogP contribution is -2.29. The number of carbonyl (C=O) groups is 1. The van der Waals surface area contributed by atoms with Crippen molar-refractivity contribution < 1.29 is 14.3 Å². The molecular formula is C11H11BrFNO2. The first kappa shape index (κ1) is 11.5. The zero-order chi connectivity index (χ0) is 11.7. The van der Waals surface area contributed by atoms with Crippen LogP contribution < -0.4 is 0 Å². The molecule has 1 heterocycles. The number of carbonyl (C=O) groups excluding carboxylic acids is 1. The van der Waals surface area contributed by atoms with Crippen molar-refractivity contribution >= 4 is 21.8 Å². The fourth-order valence-electron chi connectivity index (χ4n) is 1.76. The Bertz CT molecular complexity index is 424. The van der Waals surface area contributed by atoms with Crippen molar-refractivity contribution in [2.75, 3.05) is 13.1 Å². The quantitative estimate of drug-likeness (QED) is 0.856. The first-order valence-corrected chi connectivity index (χ1v) is 5.79. The van der Waals surface area contributed by atoms with Crippen LogP contribution in [0.5, 0.6) is 0 Å². The minimum absolute atomic E-state index is 0.247. The highest BCUT2D eigenvalue weighted by molar-refractivity contribution is 9.10. The van der Waals surface area contributed by atoms with Crippen molar-refractivity contribution in [2.24, 2.45) is 0 Å². The molecule has 1 saturated heterocycles. The molecule has 0 bridgehead atoms. The fraction of sp³-hybridized carbons (Fsp3) is 0.364. The maximum absolute atomic E-state index is 13.0. The molecule has 0 aromatic heterocycles. The van der Waals surface area contributed by atoms with Gasteiger partial charge in [-0.2, -0.15) is 0 Å². The van der Waals surface area contributed by atoms with Crippen LogP contribution >= 0.6 is 15.9 Å². The summed E-state index contributed by atoms with van der Waals surface area (Å²) >= 11 is 3.22. The molecule has 0 aliphatic carbocycles. The molecule has 0 radical (unpaired) electrons. The number of halogens is 2. The summed E-state index contributed by atoms with van der Waals surface area (Å²) in [5, 5.41) is 9.34. The van der Waals surface area contributed by atoms with E-state index in [2.05, 4.69) is 15.9 Å². The normalized spacial score (nSPS) is 20.2. The summed E-state index contributed by atoms with van der Waals surface area (Å²) in [6, 6.07) is 4.01. The number of hydrogen-bond acceptors (Lipinski definition) is 2. The maximum atomic E-state index is 13.0. The maximum Gasteiger partial charge on any atom is 0.255 e. The van der Waals surface area contributed by atoms with E-state index in [0.717, 1.165) is 0 Å². The van der Waals surface area contributed by atoms with Crippen molar-refractivity contribution in [2.45, 2.75) is 12.5 Å². The Kier molecular flexibility index (Phi) is 3.25. The molecule has 1 atom stereocenters. The van der Waals surface area contributed by atoms with Crippen LogP contribution in [-0.4, -0.2) is 35.1 Å². The lowest BCUT2D eigenvalue weighted by molar-refractivity contribution is 0.0763. The topological polar surface area (TPSA) is 40.5 Å². The van der Waals surface area contributed by atoms with Crippen molar-refractivity contribution in [1.29, 1.82) is 0 Å². The van der Waals surface area contributed by atoms with Crippen LogP contribution in [0.1, 0.15) is 16.8 Å². The summed E-state index contributed by atoms with van der Waals surface area (Å²) < 4.78 is 13.6. The largest absolute Gasteiger partial charge is 0.391 e. The third-order valence-electron chi connectivity index (χ3n) is 2.61. The van der Waals surface area contributed by atoms with Gasteiger partial charge in [-0.3, -0.25) is 4.79 Å². The molecular weight excluding hydrogens is 277 g/mol. The second-order valence-corrected chi connectivity index (χ2v) is 4.67. The van der Waals surface area contributed by atoms with Gasteiger partial charge in [-0.05, 0) is 40.5 Å². The highest BCUT2D eigenvalue weighted by Gasteiger charge is 2.26. The Morgan fingerprint density at radius 3 is 2.94 bits per heavy atom. The number of β-amino-alcohol motifs (C(OH)–C–C–N with tert-alkyl or cyclic N) is 1. The third kappa shape index (κ3) is 2.25. The first-order valence-electron chi connectivity index (χ1n) is 5.00. The summed E-state index contributed by atoms with van der Waals surface area (Å²) in [7, 11) is 0. The Labute approximate surface area is 101 Å². The Morgan fingerprint density at radius 2 is 2.31 bits per heavy atom. The Hall–Kier alpha value is -0.940. The first-order chi connectivity index (χ1) is 7.58. The van der Waals surface area contributed by atoms with Crippen LogP contribution in [-0.2, 0) is 0 Å². The molecule has 0 unspecified atom stereocenters. The molecule has 2 rings (SSSR count). The minimum atomic E-state index is -0.462. The van der Waals surface area contributed by atoms with Crippen molar-refractivity contribution in [3.05, 3.63) is 34.1 Å². The highest BCUT2D eigenvalue weighted by atomic mass is 79.9. The lowest BCUT2D eigenvalue weighted by atomic mass is 10.2. The van der Waals surface area contributed by atoms with Gasteiger partial charge in [0.05, 0.1) is 11.7 Å². The molecule has 0 saturated carbocycles. The smallest absolute Gasteiger partial charge is 0.255 e. The van der Waals surface area contributed by atoms with Crippen LogP contribution in [0.2, 0.25) is 0 Å². The van der Waals surface area contributed by atoms with Crippen LogP contribution in [0.15, 0.2) is 22.7 Å². The van der Waals surface area contributed by atoms with Gasteiger partial charge in [0.15, 0.2) is 0 Å². The van der Waals surface area contributed by atoms with E-state index in [1.54, 1.807) is 0 Å². The van der Waals surface area contributed by atoms with E-state index in [1.807, 2.05) is 0 Å². The number of aliphatic hydroxyl groups is 1. The van der Waals surface area contributed by atoms with Gasteiger partial charge in [0.25, 0.3) is 5.91 Å². The summed E-state index contributed by atoms with van der Waals surface area (Å²) in [5.74, 6) is -0.686. The van der Waals surface area contributed by atoms with E-state index in [4.69, 9.17) is 0 Å². The zero-order valence-corrected chi connectivity index (χ0v) is 10.1. The Balaban J connectivity index is 2.23. The molecule has 3 nitrogen and oxygen atoms in total. The molecule has 1 fully saturated rings. The molecule has 5 heteroatoms. The molecule has 1 aliphatic heterocycles. The molecule has 86 valence electrons. The van der Waals surface area contributed by atoms with Gasteiger partial charge in [0, 0.05) is 17.6 Å². The van der Waals surface area contributed by atoms with Gasteiger partial charge in [-0.15, -0.1) is 0 Å². The number of rotatable bonds is 1. The number of benzene rings is 1. The monoisotopic (exact) mass is 287 g/mol. The summed E-state index contributed by atoms with van der Waals surface area (Å²) in [4.78, 5) is 13.5. The van der Waals surface area contributed by atoms with E-state index < -0.39 is 11.9 Å². The summed E-state index contributed by atoms with van der Waals surface area (Å²) in [6.07, 6.45) is 0.120. The van der Waals surface area contributed by atoms with E-state index in [0.29, 0.717) is 29.5 Å². The lowest BCUT2D eigenvalue weighted by Gasteiger charge is -2.16. The van der Waals surface area contributed by atoms with E-state index in [9.17, 15) is 14.3 Å². The van der Waals surface area contributed by atoms with Gasteiger partial charge in [0.2, 0.25) is 0 Å². The van der Waals surface area contributed by atoms with Gasteiger partial charge >= 0.3 is 0 Å². The average Bonchev–Trinajstić information content (AvgIpc) is 2.67. The van der Waals surface area contributed by atoms with Gasteiger partial charge < -0.3 is 10.0 Å². The van der Waals surface area contributed by atoms with E-state index in [-0.39, 0.29) is 5.91 Å². The number of aliphatic hydroxyl groups excluding tert-OH is 1. The van der Waals surface area contributed by atoms with Crippen molar-refractivity contribution in [1.82, 2.24) is 4.90 Å². The number of nitrogens with zero attached hydrogens (tertiary/aromatic N) is 1. The Morgan fingerprint density at radius 1 is 1.56 bits per heavy atom. The van der Waals surface area contributed by atoms with Crippen LogP contribution in [0.25, 0.3) is 0 Å².